The Morgan fingerprint density at radius 3 is 2.56 bits per heavy atom. The van der Waals surface area contributed by atoms with E-state index in [4.69, 9.17) is 0 Å². The van der Waals surface area contributed by atoms with Crippen LogP contribution in [0, 0.1) is 5.92 Å². The Morgan fingerprint density at radius 1 is 1.24 bits per heavy atom. The number of carbonyl (C=O) groups is 1. The van der Waals surface area contributed by atoms with Crippen molar-refractivity contribution in [3.8, 4) is 0 Å². The average Bonchev–Trinajstić information content (AvgIpc) is 2.99. The van der Waals surface area contributed by atoms with E-state index >= 15 is 0 Å². The molecule has 0 radical (unpaired) electrons. The van der Waals surface area contributed by atoms with Gasteiger partial charge in [-0.05, 0) is 38.9 Å². The molecule has 0 saturated carbocycles. The van der Waals surface area contributed by atoms with E-state index in [1.807, 2.05) is 7.05 Å². The molecule has 1 aromatic heterocycles. The van der Waals surface area contributed by atoms with E-state index < -0.39 is 11.9 Å². The van der Waals surface area contributed by atoms with Crippen LogP contribution in [0.25, 0.3) is 0 Å². The van der Waals surface area contributed by atoms with Gasteiger partial charge in [-0.25, -0.2) is 9.97 Å². The van der Waals surface area contributed by atoms with Crippen LogP contribution in [0.15, 0.2) is 12.3 Å². The molecule has 1 aromatic rings. The number of carbonyl (C=O) groups excluding carboxylic acids is 1. The van der Waals surface area contributed by atoms with Gasteiger partial charge < -0.3 is 15.1 Å². The molecule has 1 amide bonds. The van der Waals surface area contributed by atoms with Crippen LogP contribution in [0.4, 0.5) is 19.1 Å². The van der Waals surface area contributed by atoms with E-state index in [0.717, 1.165) is 31.8 Å². The van der Waals surface area contributed by atoms with Crippen molar-refractivity contribution in [1.29, 1.82) is 0 Å². The maximum atomic E-state index is 12.8. The molecule has 0 aromatic carbocycles. The predicted octanol–water partition coefficient (Wildman–Crippen LogP) is 1.53. The molecule has 1 N–H and O–H groups in total. The van der Waals surface area contributed by atoms with Crippen molar-refractivity contribution in [2.45, 2.75) is 31.5 Å². The summed E-state index contributed by atoms with van der Waals surface area (Å²) in [6, 6.07) is 1.06. The van der Waals surface area contributed by atoms with E-state index in [0.29, 0.717) is 25.9 Å². The summed E-state index contributed by atoms with van der Waals surface area (Å²) < 4.78 is 38.3. The number of hydrogen-bond donors (Lipinski definition) is 1. The highest BCUT2D eigenvalue weighted by atomic mass is 19.4. The number of aromatic nitrogens is 2. The highest BCUT2D eigenvalue weighted by Crippen LogP contribution is 2.29. The number of amides is 1. The van der Waals surface area contributed by atoms with Crippen LogP contribution in [-0.2, 0) is 11.0 Å². The second kappa shape index (κ2) is 7.15. The van der Waals surface area contributed by atoms with Gasteiger partial charge in [0, 0.05) is 37.8 Å². The third kappa shape index (κ3) is 4.39. The lowest BCUT2D eigenvalue weighted by Gasteiger charge is -2.32. The second-order valence-electron chi connectivity index (χ2n) is 6.76. The molecule has 6 nitrogen and oxygen atoms in total. The van der Waals surface area contributed by atoms with Gasteiger partial charge >= 0.3 is 6.18 Å². The first kappa shape index (κ1) is 17.9. The number of halogens is 3. The molecule has 1 atom stereocenters. The highest BCUT2D eigenvalue weighted by molar-refractivity contribution is 5.79. The van der Waals surface area contributed by atoms with Crippen LogP contribution < -0.4 is 10.2 Å². The largest absolute Gasteiger partial charge is 0.433 e. The summed E-state index contributed by atoms with van der Waals surface area (Å²) in [5, 5.41) is 3.08. The van der Waals surface area contributed by atoms with Gasteiger partial charge in [-0.3, -0.25) is 4.79 Å². The SMILES string of the molecule is CN1CCC(NC(=O)C2CCN(c3nccc(C(F)(F)F)n3)CC2)C1. The molecular weight excluding hydrogens is 335 g/mol. The molecule has 3 heterocycles. The van der Waals surface area contributed by atoms with Crippen LogP contribution in [0.5, 0.6) is 0 Å². The normalized spacial score (nSPS) is 23.0. The van der Waals surface area contributed by atoms with Gasteiger partial charge in [0.05, 0.1) is 0 Å². The number of alkyl halides is 3. The second-order valence-corrected chi connectivity index (χ2v) is 6.76. The lowest BCUT2D eigenvalue weighted by atomic mass is 9.95. The molecule has 138 valence electrons. The number of likely N-dealkylation sites (N-methyl/N-ethyl adjacent to an activating group) is 1. The van der Waals surface area contributed by atoms with Crippen LogP contribution in [-0.4, -0.2) is 60.0 Å². The summed E-state index contributed by atoms with van der Waals surface area (Å²) in [6.45, 7) is 2.80. The zero-order chi connectivity index (χ0) is 18.0. The first-order valence-electron chi connectivity index (χ1n) is 8.47. The molecule has 0 bridgehead atoms. The van der Waals surface area contributed by atoms with Crippen molar-refractivity contribution in [2.75, 3.05) is 38.1 Å². The van der Waals surface area contributed by atoms with Gasteiger partial charge in [-0.1, -0.05) is 0 Å². The minimum atomic E-state index is -4.48. The molecule has 2 aliphatic heterocycles. The number of likely N-dealkylation sites (tertiary alicyclic amines) is 1. The van der Waals surface area contributed by atoms with Gasteiger partial charge in [-0.15, -0.1) is 0 Å². The lowest BCUT2D eigenvalue weighted by Crippen LogP contribution is -2.45. The van der Waals surface area contributed by atoms with E-state index in [2.05, 4.69) is 20.2 Å². The lowest BCUT2D eigenvalue weighted by molar-refractivity contribution is -0.141. The van der Waals surface area contributed by atoms with Crippen molar-refractivity contribution >= 4 is 11.9 Å². The fraction of sp³-hybridized carbons (Fsp3) is 0.688. The quantitative estimate of drug-likeness (QED) is 0.889. The Labute approximate surface area is 144 Å². The molecular formula is C16H22F3N5O. The maximum Gasteiger partial charge on any atom is 0.433 e. The van der Waals surface area contributed by atoms with Crippen molar-refractivity contribution in [1.82, 2.24) is 20.2 Å². The number of anilines is 1. The fourth-order valence-corrected chi connectivity index (χ4v) is 3.37. The predicted molar refractivity (Wildman–Crippen MR) is 86.0 cm³/mol. The molecule has 3 rings (SSSR count). The minimum Gasteiger partial charge on any atom is -0.352 e. The summed E-state index contributed by atoms with van der Waals surface area (Å²) in [5.74, 6) is 0.0176. The summed E-state index contributed by atoms with van der Waals surface area (Å²) in [4.78, 5) is 23.8. The number of nitrogens with zero attached hydrogens (tertiary/aromatic N) is 4. The number of hydrogen-bond acceptors (Lipinski definition) is 5. The molecule has 2 aliphatic rings. The maximum absolute atomic E-state index is 12.8. The molecule has 0 spiro atoms. The van der Waals surface area contributed by atoms with Crippen LogP contribution >= 0.6 is 0 Å². The highest BCUT2D eigenvalue weighted by Gasteiger charge is 2.34. The van der Waals surface area contributed by atoms with Crippen molar-refractivity contribution in [2.24, 2.45) is 5.92 Å². The van der Waals surface area contributed by atoms with Crippen molar-refractivity contribution in [3.05, 3.63) is 18.0 Å². The number of piperidine rings is 1. The molecule has 2 saturated heterocycles. The summed E-state index contributed by atoms with van der Waals surface area (Å²) >= 11 is 0. The van der Waals surface area contributed by atoms with Crippen LogP contribution in [0.2, 0.25) is 0 Å². The third-order valence-electron chi connectivity index (χ3n) is 4.82. The van der Waals surface area contributed by atoms with Crippen LogP contribution in [0.1, 0.15) is 25.0 Å². The Balaban J connectivity index is 1.54. The minimum absolute atomic E-state index is 0.0462. The average molecular weight is 357 g/mol. The standard InChI is InChI=1S/C16H22F3N5O/c1-23-7-5-12(10-23)21-14(25)11-3-8-24(9-4-11)15-20-6-2-13(22-15)16(17,18)19/h2,6,11-12H,3-5,7-10H2,1H3,(H,21,25). The van der Waals surface area contributed by atoms with Gasteiger partial charge in [0.15, 0.2) is 0 Å². The zero-order valence-corrected chi connectivity index (χ0v) is 14.1. The van der Waals surface area contributed by atoms with E-state index in [-0.39, 0.29) is 23.8 Å². The van der Waals surface area contributed by atoms with Crippen LogP contribution in [0.3, 0.4) is 0 Å². The molecule has 0 aliphatic carbocycles. The van der Waals surface area contributed by atoms with E-state index in [1.54, 1.807) is 4.90 Å². The van der Waals surface area contributed by atoms with Crippen molar-refractivity contribution in [3.63, 3.8) is 0 Å². The Kier molecular flexibility index (Phi) is 5.12. The monoisotopic (exact) mass is 357 g/mol. The summed E-state index contributed by atoms with van der Waals surface area (Å²) in [6.07, 6.45) is -1.22. The van der Waals surface area contributed by atoms with E-state index in [1.165, 1.54) is 0 Å². The summed E-state index contributed by atoms with van der Waals surface area (Å²) in [5.41, 5.74) is -0.942. The molecule has 25 heavy (non-hydrogen) atoms. The first-order valence-corrected chi connectivity index (χ1v) is 8.47. The van der Waals surface area contributed by atoms with Gasteiger partial charge in [0.2, 0.25) is 11.9 Å². The Bertz CT molecular complexity index is 616. The van der Waals surface area contributed by atoms with Gasteiger partial charge in [-0.2, -0.15) is 13.2 Å². The number of rotatable bonds is 3. The molecule has 1 unspecified atom stereocenters. The Hall–Kier alpha value is -1.90. The zero-order valence-electron chi connectivity index (χ0n) is 14.1. The molecule has 9 heteroatoms. The van der Waals surface area contributed by atoms with Gasteiger partial charge in [0.1, 0.15) is 5.69 Å². The first-order chi connectivity index (χ1) is 11.8. The fourth-order valence-electron chi connectivity index (χ4n) is 3.37. The van der Waals surface area contributed by atoms with Crippen molar-refractivity contribution < 1.29 is 18.0 Å². The van der Waals surface area contributed by atoms with E-state index in [9.17, 15) is 18.0 Å². The Morgan fingerprint density at radius 2 is 1.96 bits per heavy atom. The smallest absolute Gasteiger partial charge is 0.352 e. The molecule has 2 fully saturated rings. The third-order valence-corrected chi connectivity index (χ3v) is 4.82. The topological polar surface area (TPSA) is 61.4 Å². The summed E-state index contributed by atoms with van der Waals surface area (Å²) in [7, 11) is 2.03. The number of nitrogens with one attached hydrogen (secondary N) is 1. The van der Waals surface area contributed by atoms with Gasteiger partial charge in [0.25, 0.3) is 0 Å².